The fraction of sp³-hybridized carbons (Fsp3) is 0.600. The fourth-order valence-corrected chi connectivity index (χ4v) is 2.25. The highest BCUT2D eigenvalue weighted by Crippen LogP contribution is 2.30. The Kier molecular flexibility index (Phi) is 4.13. The number of ether oxygens (including phenoxy) is 1. The SMILES string of the molecule is Cc1cn([C@@H]2O[C@H](CO)C(O)C2O)c(=S)nc1NN. The largest absolute Gasteiger partial charge is 0.394 e. The Morgan fingerprint density at radius 1 is 1.53 bits per heavy atom. The van der Waals surface area contributed by atoms with Crippen molar-refractivity contribution in [2.24, 2.45) is 5.84 Å². The van der Waals surface area contributed by atoms with Crippen molar-refractivity contribution < 1.29 is 20.1 Å². The van der Waals surface area contributed by atoms with Crippen molar-refractivity contribution >= 4 is 18.0 Å². The molecule has 0 amide bonds. The van der Waals surface area contributed by atoms with Crippen LogP contribution in [0, 0.1) is 11.7 Å². The number of hydrogen-bond acceptors (Lipinski definition) is 8. The standard InChI is InChI=1S/C10H16N4O4S/c1-4-2-14(10(19)12-8(4)13-11)9-7(17)6(16)5(3-15)18-9/h2,5-7,9,15-17H,3,11H2,1H3,(H,12,13,19)/t5-,6?,7?,9-/m1/s1. The molecular weight excluding hydrogens is 272 g/mol. The zero-order chi connectivity index (χ0) is 14.2. The molecule has 19 heavy (non-hydrogen) atoms. The molecule has 1 saturated heterocycles. The normalized spacial score (nSPS) is 30.6. The number of hydrogen-bond donors (Lipinski definition) is 5. The van der Waals surface area contributed by atoms with E-state index in [1.165, 1.54) is 4.57 Å². The number of aliphatic hydroxyl groups is 3. The highest BCUT2D eigenvalue weighted by atomic mass is 32.1. The Bertz CT molecular complexity index is 523. The molecular formula is C10H16N4O4S. The lowest BCUT2D eigenvalue weighted by Gasteiger charge is -2.19. The Hall–Kier alpha value is -1.10. The Morgan fingerprint density at radius 2 is 2.21 bits per heavy atom. The molecule has 4 atom stereocenters. The summed E-state index contributed by atoms with van der Waals surface area (Å²) in [5.41, 5.74) is 3.11. The molecule has 1 aliphatic rings. The Labute approximate surface area is 114 Å². The van der Waals surface area contributed by atoms with E-state index >= 15 is 0 Å². The molecule has 0 aromatic carbocycles. The predicted octanol–water partition coefficient (Wildman–Crippen LogP) is -1.18. The average molecular weight is 288 g/mol. The third kappa shape index (κ3) is 2.48. The van der Waals surface area contributed by atoms with Gasteiger partial charge in [0.1, 0.15) is 24.1 Å². The van der Waals surface area contributed by atoms with Crippen molar-refractivity contribution in [2.75, 3.05) is 12.0 Å². The first kappa shape index (κ1) is 14.3. The lowest BCUT2D eigenvalue weighted by Crippen LogP contribution is -2.33. The van der Waals surface area contributed by atoms with Crippen LogP contribution in [-0.2, 0) is 4.74 Å². The van der Waals surface area contributed by atoms with Gasteiger partial charge in [-0.25, -0.2) is 10.8 Å². The van der Waals surface area contributed by atoms with Gasteiger partial charge in [-0.3, -0.25) is 4.57 Å². The van der Waals surface area contributed by atoms with Gasteiger partial charge in [0.25, 0.3) is 0 Å². The average Bonchev–Trinajstić information content (AvgIpc) is 2.68. The second kappa shape index (κ2) is 5.49. The molecule has 0 spiro atoms. The highest BCUT2D eigenvalue weighted by molar-refractivity contribution is 7.71. The third-order valence-electron chi connectivity index (χ3n) is 3.06. The minimum Gasteiger partial charge on any atom is -0.394 e. The number of nitrogens with one attached hydrogen (secondary N) is 1. The molecule has 1 aromatic heterocycles. The molecule has 2 heterocycles. The van der Waals surface area contributed by atoms with Gasteiger partial charge in [-0.15, -0.1) is 0 Å². The number of hydrazine groups is 1. The van der Waals surface area contributed by atoms with Crippen LogP contribution < -0.4 is 11.3 Å². The summed E-state index contributed by atoms with van der Waals surface area (Å²) >= 11 is 5.09. The summed E-state index contributed by atoms with van der Waals surface area (Å²) < 4.78 is 6.96. The summed E-state index contributed by atoms with van der Waals surface area (Å²) in [6.07, 6.45) is -2.50. The van der Waals surface area contributed by atoms with Crippen LogP contribution in [0.25, 0.3) is 0 Å². The van der Waals surface area contributed by atoms with Gasteiger partial charge in [-0.2, -0.15) is 0 Å². The Morgan fingerprint density at radius 3 is 2.74 bits per heavy atom. The predicted molar refractivity (Wildman–Crippen MR) is 68.6 cm³/mol. The maximum atomic E-state index is 9.93. The minimum atomic E-state index is -1.19. The molecule has 2 rings (SSSR count). The van der Waals surface area contributed by atoms with Gasteiger partial charge in [0.05, 0.1) is 6.61 Å². The molecule has 0 radical (unpaired) electrons. The number of nitrogen functional groups attached to an aromatic ring is 1. The second-order valence-electron chi connectivity index (χ2n) is 4.34. The van der Waals surface area contributed by atoms with E-state index in [0.29, 0.717) is 11.4 Å². The lowest BCUT2D eigenvalue weighted by molar-refractivity contribution is -0.0541. The molecule has 0 aliphatic carbocycles. The number of nitrogens with zero attached hydrogens (tertiary/aromatic N) is 2. The topological polar surface area (TPSA) is 126 Å². The summed E-state index contributed by atoms with van der Waals surface area (Å²) in [5, 5.41) is 28.7. The molecule has 6 N–H and O–H groups in total. The maximum absolute atomic E-state index is 9.93. The molecule has 9 heteroatoms. The Balaban J connectivity index is 2.38. The summed E-state index contributed by atoms with van der Waals surface area (Å²) in [5.74, 6) is 5.72. The van der Waals surface area contributed by atoms with Crippen molar-refractivity contribution in [1.82, 2.24) is 9.55 Å². The monoisotopic (exact) mass is 288 g/mol. The number of aromatic nitrogens is 2. The van der Waals surface area contributed by atoms with Crippen LogP contribution in [0.15, 0.2) is 6.20 Å². The molecule has 0 saturated carbocycles. The van der Waals surface area contributed by atoms with Crippen molar-refractivity contribution in [3.63, 3.8) is 0 Å². The van der Waals surface area contributed by atoms with Crippen molar-refractivity contribution in [2.45, 2.75) is 31.5 Å². The molecule has 1 aliphatic heterocycles. The molecule has 2 unspecified atom stereocenters. The van der Waals surface area contributed by atoms with Crippen molar-refractivity contribution in [3.8, 4) is 0 Å². The summed E-state index contributed by atoms with van der Waals surface area (Å²) in [6.45, 7) is 1.37. The molecule has 1 aromatic rings. The van der Waals surface area contributed by atoms with Crippen molar-refractivity contribution in [1.29, 1.82) is 0 Å². The lowest BCUT2D eigenvalue weighted by atomic mass is 10.1. The van der Waals surface area contributed by atoms with Crippen LogP contribution in [0.5, 0.6) is 0 Å². The molecule has 0 bridgehead atoms. The quantitative estimate of drug-likeness (QED) is 0.267. The van der Waals surface area contributed by atoms with Crippen LogP contribution in [0.4, 0.5) is 5.82 Å². The van der Waals surface area contributed by atoms with Crippen LogP contribution >= 0.6 is 12.2 Å². The van der Waals surface area contributed by atoms with E-state index in [0.717, 1.165) is 0 Å². The van der Waals surface area contributed by atoms with Gasteiger partial charge in [-0.1, -0.05) is 0 Å². The third-order valence-corrected chi connectivity index (χ3v) is 3.36. The first-order chi connectivity index (χ1) is 8.99. The van der Waals surface area contributed by atoms with Crippen LogP contribution in [0.3, 0.4) is 0 Å². The van der Waals surface area contributed by atoms with Crippen LogP contribution in [0.2, 0.25) is 0 Å². The van der Waals surface area contributed by atoms with Crippen LogP contribution in [0.1, 0.15) is 11.8 Å². The molecule has 8 nitrogen and oxygen atoms in total. The van der Waals surface area contributed by atoms with E-state index in [1.807, 2.05) is 0 Å². The van der Waals surface area contributed by atoms with E-state index in [9.17, 15) is 10.2 Å². The van der Waals surface area contributed by atoms with Gasteiger partial charge in [-0.05, 0) is 19.1 Å². The van der Waals surface area contributed by atoms with E-state index in [2.05, 4.69) is 10.4 Å². The van der Waals surface area contributed by atoms with Gasteiger partial charge >= 0.3 is 0 Å². The number of aliphatic hydroxyl groups excluding tert-OH is 3. The molecule has 1 fully saturated rings. The summed E-state index contributed by atoms with van der Waals surface area (Å²) in [4.78, 5) is 4.05. The molecule has 106 valence electrons. The zero-order valence-electron chi connectivity index (χ0n) is 10.2. The van der Waals surface area contributed by atoms with Crippen molar-refractivity contribution in [3.05, 3.63) is 16.5 Å². The second-order valence-corrected chi connectivity index (χ2v) is 4.70. The summed E-state index contributed by atoms with van der Waals surface area (Å²) in [6, 6.07) is 0. The minimum absolute atomic E-state index is 0.147. The summed E-state index contributed by atoms with van der Waals surface area (Å²) in [7, 11) is 0. The van der Waals surface area contributed by atoms with Crippen LogP contribution in [-0.4, -0.2) is 49.8 Å². The van der Waals surface area contributed by atoms with E-state index < -0.39 is 31.1 Å². The maximum Gasteiger partial charge on any atom is 0.203 e. The number of anilines is 1. The number of nitrogens with two attached hydrogens (primary N) is 1. The van der Waals surface area contributed by atoms with Gasteiger partial charge in [0, 0.05) is 11.8 Å². The van der Waals surface area contributed by atoms with E-state index in [1.54, 1.807) is 13.1 Å². The number of aryl methyl sites for hydroxylation is 1. The first-order valence-electron chi connectivity index (χ1n) is 5.68. The smallest absolute Gasteiger partial charge is 0.203 e. The number of rotatable bonds is 3. The first-order valence-corrected chi connectivity index (χ1v) is 6.09. The van der Waals surface area contributed by atoms with E-state index in [4.69, 9.17) is 27.9 Å². The highest BCUT2D eigenvalue weighted by Gasteiger charge is 2.43. The fourth-order valence-electron chi connectivity index (χ4n) is 2.00. The van der Waals surface area contributed by atoms with Gasteiger partial charge < -0.3 is 25.5 Å². The zero-order valence-corrected chi connectivity index (χ0v) is 11.0. The van der Waals surface area contributed by atoms with Gasteiger partial charge in [0.2, 0.25) is 4.77 Å². The van der Waals surface area contributed by atoms with Gasteiger partial charge in [0.15, 0.2) is 6.23 Å². The van der Waals surface area contributed by atoms with E-state index in [-0.39, 0.29) is 4.77 Å².